The van der Waals surface area contributed by atoms with Gasteiger partial charge in [0.2, 0.25) is 11.8 Å². The zero-order valence-electron chi connectivity index (χ0n) is 10.6. The van der Waals surface area contributed by atoms with Crippen molar-refractivity contribution in [2.75, 3.05) is 6.54 Å². The summed E-state index contributed by atoms with van der Waals surface area (Å²) in [5.41, 5.74) is 5.48. The van der Waals surface area contributed by atoms with E-state index in [0.717, 1.165) is 31.2 Å². The van der Waals surface area contributed by atoms with E-state index in [4.69, 9.17) is 17.3 Å². The Morgan fingerprint density at radius 2 is 1.79 bits per heavy atom. The molecule has 0 radical (unpaired) electrons. The zero-order chi connectivity index (χ0) is 13.9. The van der Waals surface area contributed by atoms with Crippen LogP contribution in [0.25, 0.3) is 0 Å². The molecule has 3 N–H and O–H groups in total. The number of halogens is 1. The number of nitrogens with two attached hydrogens (primary N) is 1. The predicted molar refractivity (Wildman–Crippen MR) is 73.8 cm³/mol. The maximum Gasteiger partial charge on any atom is 0.236 e. The summed E-state index contributed by atoms with van der Waals surface area (Å²) in [6, 6.07) is 7.35. The molecule has 0 bridgehead atoms. The lowest BCUT2D eigenvalue weighted by atomic mass is 9.78. The highest BCUT2D eigenvalue weighted by atomic mass is 35.5. The molecule has 1 saturated carbocycles. The van der Waals surface area contributed by atoms with E-state index < -0.39 is 11.3 Å². The fourth-order valence-corrected chi connectivity index (χ4v) is 2.86. The normalized spacial score (nSPS) is 17.1. The molecular formula is C14H17ClN2O2. The number of primary amides is 1. The van der Waals surface area contributed by atoms with Gasteiger partial charge in [0.15, 0.2) is 0 Å². The first-order valence-corrected chi connectivity index (χ1v) is 6.75. The molecule has 0 unspecified atom stereocenters. The summed E-state index contributed by atoms with van der Waals surface area (Å²) >= 11 is 5.88. The van der Waals surface area contributed by atoms with Crippen LogP contribution in [0.1, 0.15) is 31.2 Å². The van der Waals surface area contributed by atoms with Crippen molar-refractivity contribution in [3.8, 4) is 0 Å². The van der Waals surface area contributed by atoms with E-state index in [1.54, 1.807) is 12.1 Å². The average Bonchev–Trinajstić information content (AvgIpc) is 2.87. The summed E-state index contributed by atoms with van der Waals surface area (Å²) < 4.78 is 0. The van der Waals surface area contributed by atoms with Crippen LogP contribution in [0.4, 0.5) is 0 Å². The van der Waals surface area contributed by atoms with Gasteiger partial charge in [0.05, 0.1) is 12.0 Å². The van der Waals surface area contributed by atoms with Crippen molar-refractivity contribution >= 4 is 23.4 Å². The van der Waals surface area contributed by atoms with Crippen LogP contribution in [0.3, 0.4) is 0 Å². The molecule has 102 valence electrons. The van der Waals surface area contributed by atoms with Crippen molar-refractivity contribution in [3.63, 3.8) is 0 Å². The molecule has 1 aromatic rings. The van der Waals surface area contributed by atoms with Gasteiger partial charge in [0.25, 0.3) is 0 Å². The Morgan fingerprint density at radius 1 is 1.21 bits per heavy atom. The van der Waals surface area contributed by atoms with Gasteiger partial charge in [-0.05, 0) is 30.5 Å². The first kappa shape index (κ1) is 13.9. The number of amides is 2. The van der Waals surface area contributed by atoms with Crippen LogP contribution >= 0.6 is 11.6 Å². The Balaban J connectivity index is 2.24. The molecule has 1 aliphatic rings. The number of rotatable bonds is 4. The Kier molecular flexibility index (Phi) is 4.10. The molecule has 1 aromatic carbocycles. The van der Waals surface area contributed by atoms with Gasteiger partial charge in [-0.15, -0.1) is 0 Å². The first-order chi connectivity index (χ1) is 9.04. The Morgan fingerprint density at radius 3 is 2.32 bits per heavy atom. The molecule has 0 atom stereocenters. The molecule has 0 saturated heterocycles. The standard InChI is InChI=1S/C14H17ClN2O2/c15-11-5-3-10(4-6-11)14(7-1-2-8-14)13(19)17-9-12(16)18/h3-6H,1-2,7-9H2,(H2,16,18)(H,17,19). The van der Waals surface area contributed by atoms with Crippen molar-refractivity contribution in [1.29, 1.82) is 0 Å². The van der Waals surface area contributed by atoms with Crippen LogP contribution in [0.15, 0.2) is 24.3 Å². The number of hydrogen-bond donors (Lipinski definition) is 2. The molecule has 0 heterocycles. The van der Waals surface area contributed by atoms with Gasteiger partial charge in [-0.25, -0.2) is 0 Å². The molecule has 2 amide bonds. The van der Waals surface area contributed by atoms with Crippen molar-refractivity contribution in [3.05, 3.63) is 34.9 Å². The zero-order valence-corrected chi connectivity index (χ0v) is 11.4. The van der Waals surface area contributed by atoms with E-state index in [1.807, 2.05) is 12.1 Å². The highest BCUT2D eigenvalue weighted by Crippen LogP contribution is 2.41. The molecular weight excluding hydrogens is 264 g/mol. The molecule has 19 heavy (non-hydrogen) atoms. The highest BCUT2D eigenvalue weighted by molar-refractivity contribution is 6.30. The summed E-state index contributed by atoms with van der Waals surface area (Å²) in [7, 11) is 0. The second kappa shape index (κ2) is 5.61. The lowest BCUT2D eigenvalue weighted by Gasteiger charge is -2.28. The third-order valence-electron chi connectivity index (χ3n) is 3.71. The van der Waals surface area contributed by atoms with E-state index in [1.165, 1.54) is 0 Å². The number of hydrogen-bond acceptors (Lipinski definition) is 2. The fourth-order valence-electron chi connectivity index (χ4n) is 2.73. The summed E-state index contributed by atoms with van der Waals surface area (Å²) in [6.07, 6.45) is 3.59. The molecule has 0 aromatic heterocycles. The van der Waals surface area contributed by atoms with Crippen molar-refractivity contribution in [2.24, 2.45) is 5.73 Å². The van der Waals surface area contributed by atoms with E-state index in [2.05, 4.69) is 5.32 Å². The first-order valence-electron chi connectivity index (χ1n) is 6.37. The smallest absolute Gasteiger partial charge is 0.236 e. The second-order valence-corrected chi connectivity index (χ2v) is 5.38. The summed E-state index contributed by atoms with van der Waals surface area (Å²) in [6.45, 7) is -0.117. The number of benzene rings is 1. The number of nitrogens with one attached hydrogen (secondary N) is 1. The van der Waals surface area contributed by atoms with Crippen LogP contribution in [0.5, 0.6) is 0 Å². The topological polar surface area (TPSA) is 72.2 Å². The molecule has 4 nitrogen and oxygen atoms in total. The SMILES string of the molecule is NC(=O)CNC(=O)C1(c2ccc(Cl)cc2)CCCC1. The van der Waals surface area contributed by atoms with Gasteiger partial charge in [0.1, 0.15) is 0 Å². The van der Waals surface area contributed by atoms with Gasteiger partial charge in [0, 0.05) is 5.02 Å². The van der Waals surface area contributed by atoms with Crippen molar-refractivity contribution < 1.29 is 9.59 Å². The van der Waals surface area contributed by atoms with E-state index in [-0.39, 0.29) is 12.5 Å². The fraction of sp³-hybridized carbons (Fsp3) is 0.429. The van der Waals surface area contributed by atoms with Crippen molar-refractivity contribution in [2.45, 2.75) is 31.1 Å². The number of carbonyl (C=O) groups is 2. The Bertz CT molecular complexity index is 479. The van der Waals surface area contributed by atoms with Gasteiger partial charge >= 0.3 is 0 Å². The van der Waals surface area contributed by atoms with Crippen molar-refractivity contribution in [1.82, 2.24) is 5.32 Å². The molecule has 5 heteroatoms. The maximum absolute atomic E-state index is 12.4. The highest BCUT2D eigenvalue weighted by Gasteiger charge is 2.42. The maximum atomic E-state index is 12.4. The molecule has 0 spiro atoms. The van der Waals surface area contributed by atoms with Crippen LogP contribution in [0.2, 0.25) is 5.02 Å². The van der Waals surface area contributed by atoms with Crippen LogP contribution in [-0.4, -0.2) is 18.4 Å². The van der Waals surface area contributed by atoms with Crippen LogP contribution in [-0.2, 0) is 15.0 Å². The van der Waals surface area contributed by atoms with Gasteiger partial charge in [-0.2, -0.15) is 0 Å². The second-order valence-electron chi connectivity index (χ2n) is 4.95. The van der Waals surface area contributed by atoms with Crippen LogP contribution in [0, 0.1) is 0 Å². The quantitative estimate of drug-likeness (QED) is 0.882. The molecule has 1 fully saturated rings. The molecule has 0 aliphatic heterocycles. The lowest BCUT2D eigenvalue weighted by Crippen LogP contribution is -2.45. The summed E-state index contributed by atoms with van der Waals surface area (Å²) in [5.74, 6) is -0.649. The molecule has 1 aliphatic carbocycles. The summed E-state index contributed by atoms with van der Waals surface area (Å²) in [4.78, 5) is 23.2. The largest absolute Gasteiger partial charge is 0.368 e. The third-order valence-corrected chi connectivity index (χ3v) is 3.96. The summed E-state index contributed by atoms with van der Waals surface area (Å²) in [5, 5.41) is 3.28. The minimum atomic E-state index is -0.542. The van der Waals surface area contributed by atoms with E-state index >= 15 is 0 Å². The van der Waals surface area contributed by atoms with Gasteiger partial charge in [-0.3, -0.25) is 9.59 Å². The monoisotopic (exact) mass is 280 g/mol. The van der Waals surface area contributed by atoms with Gasteiger partial charge in [-0.1, -0.05) is 36.6 Å². The molecule has 2 rings (SSSR count). The number of carbonyl (C=O) groups excluding carboxylic acids is 2. The minimum absolute atomic E-state index is 0.117. The average molecular weight is 281 g/mol. The van der Waals surface area contributed by atoms with Crippen LogP contribution < -0.4 is 11.1 Å². The van der Waals surface area contributed by atoms with E-state index in [0.29, 0.717) is 5.02 Å². The third kappa shape index (κ3) is 2.89. The Hall–Kier alpha value is -1.55. The van der Waals surface area contributed by atoms with E-state index in [9.17, 15) is 9.59 Å². The lowest BCUT2D eigenvalue weighted by molar-refractivity contribution is -0.129. The van der Waals surface area contributed by atoms with Gasteiger partial charge < -0.3 is 11.1 Å². The predicted octanol–water partition coefficient (Wildman–Crippen LogP) is 1.75. The Labute approximate surface area is 117 Å². The minimum Gasteiger partial charge on any atom is -0.368 e.